The summed E-state index contributed by atoms with van der Waals surface area (Å²) in [5, 5.41) is 1.98. The number of primary amides is 1. The number of rotatable bonds is 5. The highest BCUT2D eigenvalue weighted by Gasteiger charge is 2.29. The Morgan fingerprint density at radius 2 is 2.00 bits per heavy atom. The van der Waals surface area contributed by atoms with E-state index in [-0.39, 0.29) is 13.0 Å². The summed E-state index contributed by atoms with van der Waals surface area (Å²) >= 11 is 0. The van der Waals surface area contributed by atoms with Gasteiger partial charge in [0.2, 0.25) is 5.91 Å². The van der Waals surface area contributed by atoms with Crippen LogP contribution in [0, 0.1) is 0 Å². The van der Waals surface area contributed by atoms with E-state index >= 15 is 0 Å². The van der Waals surface area contributed by atoms with Gasteiger partial charge >= 0.3 is 6.18 Å². The zero-order chi connectivity index (χ0) is 10.5. The summed E-state index contributed by atoms with van der Waals surface area (Å²) in [6, 6.07) is -1.01. The lowest BCUT2D eigenvalue weighted by Gasteiger charge is -2.15. The number of halogens is 3. The largest absolute Gasteiger partial charge is 0.401 e. The average Bonchev–Trinajstić information content (AvgIpc) is 1.95. The molecule has 0 bridgehead atoms. The second-order valence-electron chi connectivity index (χ2n) is 2.53. The lowest BCUT2D eigenvalue weighted by atomic mass is 10.2. The third-order valence-corrected chi connectivity index (χ3v) is 1.35. The van der Waals surface area contributed by atoms with E-state index in [0.29, 0.717) is 0 Å². The normalized spacial score (nSPS) is 14.2. The second kappa shape index (κ2) is 5.03. The molecule has 0 saturated carbocycles. The summed E-state index contributed by atoms with van der Waals surface area (Å²) in [4.78, 5) is 10.5. The van der Waals surface area contributed by atoms with Crippen LogP contribution in [0.2, 0.25) is 0 Å². The van der Waals surface area contributed by atoms with Gasteiger partial charge < -0.3 is 11.5 Å². The molecule has 5 N–H and O–H groups in total. The SMILES string of the molecule is NCCC(NCC(F)(F)F)C(N)=O. The molecule has 0 spiro atoms. The fourth-order valence-corrected chi connectivity index (χ4v) is 0.751. The molecule has 78 valence electrons. The minimum Gasteiger partial charge on any atom is -0.368 e. The second-order valence-corrected chi connectivity index (χ2v) is 2.53. The van der Waals surface area contributed by atoms with Crippen LogP contribution in [0.1, 0.15) is 6.42 Å². The van der Waals surface area contributed by atoms with Gasteiger partial charge in [-0.1, -0.05) is 0 Å². The van der Waals surface area contributed by atoms with Gasteiger partial charge in [-0.25, -0.2) is 0 Å². The van der Waals surface area contributed by atoms with Crippen LogP contribution in [-0.4, -0.2) is 31.2 Å². The maximum Gasteiger partial charge on any atom is 0.401 e. The van der Waals surface area contributed by atoms with Crippen LogP contribution < -0.4 is 16.8 Å². The molecular weight excluding hydrogens is 187 g/mol. The molecule has 0 rings (SSSR count). The molecule has 0 aromatic heterocycles. The first-order chi connectivity index (χ1) is 5.87. The third kappa shape index (κ3) is 6.35. The minimum atomic E-state index is -4.34. The van der Waals surface area contributed by atoms with Crippen molar-refractivity contribution in [1.29, 1.82) is 0 Å². The van der Waals surface area contributed by atoms with Crippen LogP contribution in [0.4, 0.5) is 13.2 Å². The van der Waals surface area contributed by atoms with E-state index in [1.807, 2.05) is 5.32 Å². The van der Waals surface area contributed by atoms with Gasteiger partial charge in [-0.3, -0.25) is 10.1 Å². The van der Waals surface area contributed by atoms with Crippen molar-refractivity contribution >= 4 is 5.91 Å². The first-order valence-corrected chi connectivity index (χ1v) is 3.66. The summed E-state index contributed by atoms with van der Waals surface area (Å²) in [5.74, 6) is -0.824. The molecular formula is C6H12F3N3O. The molecule has 4 nitrogen and oxygen atoms in total. The van der Waals surface area contributed by atoms with Crippen molar-refractivity contribution in [3.05, 3.63) is 0 Å². The highest BCUT2D eigenvalue weighted by atomic mass is 19.4. The molecule has 0 aliphatic carbocycles. The van der Waals surface area contributed by atoms with Crippen LogP contribution >= 0.6 is 0 Å². The van der Waals surface area contributed by atoms with Crippen LogP contribution in [0.15, 0.2) is 0 Å². The molecule has 0 radical (unpaired) electrons. The molecule has 0 aliphatic rings. The van der Waals surface area contributed by atoms with Gasteiger partial charge in [-0.2, -0.15) is 13.2 Å². The molecule has 1 unspecified atom stereocenters. The van der Waals surface area contributed by atoms with Crippen molar-refractivity contribution in [2.75, 3.05) is 13.1 Å². The number of nitrogens with two attached hydrogens (primary N) is 2. The van der Waals surface area contributed by atoms with E-state index in [9.17, 15) is 18.0 Å². The third-order valence-electron chi connectivity index (χ3n) is 1.35. The van der Waals surface area contributed by atoms with Crippen LogP contribution in [-0.2, 0) is 4.79 Å². The smallest absolute Gasteiger partial charge is 0.368 e. The predicted octanol–water partition coefficient (Wildman–Crippen LogP) is -0.659. The van der Waals surface area contributed by atoms with Crippen LogP contribution in [0.3, 0.4) is 0 Å². The lowest BCUT2D eigenvalue weighted by molar-refractivity contribution is -0.130. The number of carbonyl (C=O) groups excluding carboxylic acids is 1. The highest BCUT2D eigenvalue weighted by Crippen LogP contribution is 2.12. The molecule has 0 aliphatic heterocycles. The number of amides is 1. The Balaban J connectivity index is 3.90. The van der Waals surface area contributed by atoms with E-state index in [2.05, 4.69) is 0 Å². The molecule has 13 heavy (non-hydrogen) atoms. The Labute approximate surface area is 73.5 Å². The van der Waals surface area contributed by atoms with E-state index in [1.165, 1.54) is 0 Å². The van der Waals surface area contributed by atoms with Crippen molar-refractivity contribution < 1.29 is 18.0 Å². The van der Waals surface area contributed by atoms with Crippen molar-refractivity contribution in [3.63, 3.8) is 0 Å². The molecule has 0 aromatic carbocycles. The molecule has 1 atom stereocenters. The summed E-state index contributed by atoms with van der Waals surface area (Å²) in [5.41, 5.74) is 9.91. The van der Waals surface area contributed by atoms with Crippen molar-refractivity contribution in [1.82, 2.24) is 5.32 Å². The van der Waals surface area contributed by atoms with Gasteiger partial charge in [0.15, 0.2) is 0 Å². The van der Waals surface area contributed by atoms with Crippen molar-refractivity contribution in [2.45, 2.75) is 18.6 Å². The zero-order valence-electron chi connectivity index (χ0n) is 6.90. The predicted molar refractivity (Wildman–Crippen MR) is 40.7 cm³/mol. The average molecular weight is 199 g/mol. The Kier molecular flexibility index (Phi) is 4.71. The van der Waals surface area contributed by atoms with Gasteiger partial charge in [-0.05, 0) is 13.0 Å². The van der Waals surface area contributed by atoms with E-state index < -0.39 is 24.7 Å². The molecule has 0 saturated heterocycles. The number of carbonyl (C=O) groups is 1. The fourth-order valence-electron chi connectivity index (χ4n) is 0.751. The molecule has 0 heterocycles. The number of hydrogen-bond acceptors (Lipinski definition) is 3. The summed E-state index contributed by atoms with van der Waals surface area (Å²) in [6.45, 7) is -1.13. The molecule has 0 aromatic rings. The zero-order valence-corrected chi connectivity index (χ0v) is 6.90. The summed E-state index contributed by atoms with van der Waals surface area (Å²) in [7, 11) is 0. The van der Waals surface area contributed by atoms with Crippen LogP contribution in [0.5, 0.6) is 0 Å². The molecule has 0 fully saturated rings. The van der Waals surface area contributed by atoms with Gasteiger partial charge in [0.05, 0.1) is 12.6 Å². The van der Waals surface area contributed by atoms with Crippen molar-refractivity contribution in [3.8, 4) is 0 Å². The topological polar surface area (TPSA) is 81.1 Å². The van der Waals surface area contributed by atoms with E-state index in [4.69, 9.17) is 11.5 Å². The number of nitrogens with one attached hydrogen (secondary N) is 1. The Morgan fingerprint density at radius 1 is 1.46 bits per heavy atom. The standard InChI is InChI=1S/C6H12F3N3O/c7-6(8,9)3-12-4(1-2-10)5(11)13/h4,12H,1-3,10H2,(H2,11,13). The highest BCUT2D eigenvalue weighted by molar-refractivity contribution is 5.79. The van der Waals surface area contributed by atoms with E-state index in [0.717, 1.165) is 0 Å². The fraction of sp³-hybridized carbons (Fsp3) is 0.833. The van der Waals surface area contributed by atoms with E-state index in [1.54, 1.807) is 0 Å². The van der Waals surface area contributed by atoms with Gasteiger partial charge in [0.25, 0.3) is 0 Å². The maximum atomic E-state index is 11.7. The lowest BCUT2D eigenvalue weighted by Crippen LogP contribution is -2.46. The molecule has 1 amide bonds. The first kappa shape index (κ1) is 12.2. The number of alkyl halides is 3. The Bertz CT molecular complexity index is 171. The summed E-state index contributed by atoms with van der Waals surface area (Å²) < 4.78 is 35.0. The Hall–Kier alpha value is -0.820. The molecule has 7 heteroatoms. The first-order valence-electron chi connectivity index (χ1n) is 3.66. The van der Waals surface area contributed by atoms with Crippen molar-refractivity contribution in [2.24, 2.45) is 11.5 Å². The van der Waals surface area contributed by atoms with Gasteiger partial charge in [0.1, 0.15) is 0 Å². The number of hydrogen-bond donors (Lipinski definition) is 3. The maximum absolute atomic E-state index is 11.7. The van der Waals surface area contributed by atoms with Gasteiger partial charge in [-0.15, -0.1) is 0 Å². The van der Waals surface area contributed by atoms with Crippen LogP contribution in [0.25, 0.3) is 0 Å². The monoisotopic (exact) mass is 199 g/mol. The summed E-state index contributed by atoms with van der Waals surface area (Å²) in [6.07, 6.45) is -4.24. The Morgan fingerprint density at radius 3 is 2.31 bits per heavy atom. The van der Waals surface area contributed by atoms with Gasteiger partial charge in [0, 0.05) is 0 Å². The minimum absolute atomic E-state index is 0.103. The quantitative estimate of drug-likeness (QED) is 0.550.